The Morgan fingerprint density at radius 2 is 1.35 bits per heavy atom. The molecule has 1 amide bonds. The normalized spacial score (nSPS) is 10.5. The molecule has 0 fully saturated rings. The lowest BCUT2D eigenvalue weighted by Crippen LogP contribution is -2.28. The highest BCUT2D eigenvalue weighted by atomic mass is 16.5. The molecule has 0 radical (unpaired) electrons. The molecule has 0 bridgehead atoms. The maximum absolute atomic E-state index is 12.1. The smallest absolute Gasteiger partial charge is 0.258 e. The zero-order valence-electron chi connectivity index (χ0n) is 17.9. The van der Waals surface area contributed by atoms with Crippen LogP contribution in [-0.2, 0) is 11.3 Å². The molecule has 0 aliphatic carbocycles. The fraction of sp³-hybridized carbons (Fsp3) is 0.240. The third kappa shape index (κ3) is 8.03. The Labute approximate surface area is 183 Å². The molecule has 6 heteroatoms. The number of carbonyl (C=O) groups excluding carboxylic acids is 1. The summed E-state index contributed by atoms with van der Waals surface area (Å²) in [5.74, 6) is 2.71. The van der Waals surface area contributed by atoms with E-state index in [4.69, 9.17) is 14.2 Å². The number of para-hydroxylation sites is 1. The van der Waals surface area contributed by atoms with E-state index in [9.17, 15) is 4.79 Å². The van der Waals surface area contributed by atoms with E-state index in [-0.39, 0.29) is 12.5 Å². The Morgan fingerprint density at radius 3 is 2.03 bits per heavy atom. The van der Waals surface area contributed by atoms with Gasteiger partial charge < -0.3 is 24.4 Å². The SMILES string of the molecule is CN(C)CCOc1ccc(CNC(=O)COc2ccc(Oc3ccccc3)cc2)cc1. The van der Waals surface area contributed by atoms with Crippen molar-refractivity contribution >= 4 is 5.91 Å². The Balaban J connectivity index is 1.37. The molecule has 6 nitrogen and oxygen atoms in total. The van der Waals surface area contributed by atoms with E-state index in [1.807, 2.05) is 80.8 Å². The van der Waals surface area contributed by atoms with Crippen LogP contribution in [0.3, 0.4) is 0 Å². The van der Waals surface area contributed by atoms with E-state index in [1.165, 1.54) is 0 Å². The molecule has 0 saturated carbocycles. The van der Waals surface area contributed by atoms with Gasteiger partial charge in [0.25, 0.3) is 5.91 Å². The van der Waals surface area contributed by atoms with Crippen molar-refractivity contribution in [2.24, 2.45) is 0 Å². The van der Waals surface area contributed by atoms with Gasteiger partial charge in [-0.25, -0.2) is 0 Å². The Morgan fingerprint density at radius 1 is 0.774 bits per heavy atom. The van der Waals surface area contributed by atoms with Crippen molar-refractivity contribution < 1.29 is 19.0 Å². The lowest BCUT2D eigenvalue weighted by molar-refractivity contribution is -0.123. The third-order valence-corrected chi connectivity index (χ3v) is 4.39. The van der Waals surface area contributed by atoms with Gasteiger partial charge in [0.15, 0.2) is 6.61 Å². The summed E-state index contributed by atoms with van der Waals surface area (Å²) in [7, 11) is 4.02. The van der Waals surface area contributed by atoms with Crippen LogP contribution in [0, 0.1) is 0 Å². The maximum Gasteiger partial charge on any atom is 0.258 e. The molecule has 0 aliphatic rings. The molecule has 0 heterocycles. The minimum atomic E-state index is -0.184. The van der Waals surface area contributed by atoms with Crippen molar-refractivity contribution in [2.45, 2.75) is 6.54 Å². The van der Waals surface area contributed by atoms with Crippen LogP contribution in [0.1, 0.15) is 5.56 Å². The number of nitrogens with zero attached hydrogens (tertiary/aromatic N) is 1. The Hall–Kier alpha value is -3.51. The van der Waals surface area contributed by atoms with Crippen LogP contribution in [-0.4, -0.2) is 44.7 Å². The van der Waals surface area contributed by atoms with Gasteiger partial charge in [-0.3, -0.25) is 4.79 Å². The van der Waals surface area contributed by atoms with Gasteiger partial charge in [0.05, 0.1) is 0 Å². The topological polar surface area (TPSA) is 60.0 Å². The zero-order valence-corrected chi connectivity index (χ0v) is 17.9. The van der Waals surface area contributed by atoms with E-state index in [1.54, 1.807) is 12.1 Å². The second-order valence-electron chi connectivity index (χ2n) is 7.25. The quantitative estimate of drug-likeness (QED) is 0.506. The van der Waals surface area contributed by atoms with Crippen molar-refractivity contribution in [1.82, 2.24) is 10.2 Å². The molecular weight excluding hydrogens is 392 g/mol. The molecular formula is C25H28N2O4. The van der Waals surface area contributed by atoms with Gasteiger partial charge >= 0.3 is 0 Å². The van der Waals surface area contributed by atoms with Crippen LogP contribution < -0.4 is 19.5 Å². The first-order valence-electron chi connectivity index (χ1n) is 10.2. The number of carbonyl (C=O) groups is 1. The summed E-state index contributed by atoms with van der Waals surface area (Å²) in [4.78, 5) is 14.1. The molecule has 3 rings (SSSR count). The average Bonchev–Trinajstić information content (AvgIpc) is 2.78. The molecule has 1 N–H and O–H groups in total. The number of likely N-dealkylation sites (N-methyl/N-ethyl adjacent to an activating group) is 1. The first-order chi connectivity index (χ1) is 15.1. The predicted octanol–water partition coefficient (Wildman–Crippen LogP) is 4.11. The number of amides is 1. The summed E-state index contributed by atoms with van der Waals surface area (Å²) in [6.07, 6.45) is 0. The van der Waals surface area contributed by atoms with Gasteiger partial charge in [-0.2, -0.15) is 0 Å². The summed E-state index contributed by atoms with van der Waals surface area (Å²) in [6, 6.07) is 24.4. The number of nitrogens with one attached hydrogen (secondary N) is 1. The summed E-state index contributed by atoms with van der Waals surface area (Å²) in [6.45, 7) is 1.88. The molecule has 0 saturated heterocycles. The van der Waals surface area contributed by atoms with Crippen molar-refractivity contribution in [3.8, 4) is 23.0 Å². The second-order valence-corrected chi connectivity index (χ2v) is 7.25. The highest BCUT2D eigenvalue weighted by Crippen LogP contribution is 2.23. The van der Waals surface area contributed by atoms with Crippen LogP contribution in [0.4, 0.5) is 0 Å². The first-order valence-corrected chi connectivity index (χ1v) is 10.2. The van der Waals surface area contributed by atoms with Gasteiger partial charge in [0.1, 0.15) is 29.6 Å². The van der Waals surface area contributed by atoms with Gasteiger partial charge in [0, 0.05) is 13.1 Å². The molecule has 0 atom stereocenters. The number of benzene rings is 3. The van der Waals surface area contributed by atoms with Crippen LogP contribution in [0.2, 0.25) is 0 Å². The molecule has 3 aromatic carbocycles. The van der Waals surface area contributed by atoms with Crippen molar-refractivity contribution in [2.75, 3.05) is 33.9 Å². The monoisotopic (exact) mass is 420 g/mol. The minimum absolute atomic E-state index is 0.0510. The maximum atomic E-state index is 12.1. The predicted molar refractivity (Wildman–Crippen MR) is 121 cm³/mol. The number of ether oxygens (including phenoxy) is 3. The summed E-state index contributed by atoms with van der Waals surface area (Å²) >= 11 is 0. The van der Waals surface area contributed by atoms with E-state index >= 15 is 0 Å². The Kier molecular flexibility index (Phi) is 8.31. The number of hydrogen-bond acceptors (Lipinski definition) is 5. The molecule has 0 spiro atoms. The average molecular weight is 421 g/mol. The van der Waals surface area contributed by atoms with Gasteiger partial charge in [-0.15, -0.1) is 0 Å². The van der Waals surface area contributed by atoms with Crippen molar-refractivity contribution in [3.63, 3.8) is 0 Å². The van der Waals surface area contributed by atoms with E-state index in [0.29, 0.717) is 24.7 Å². The summed E-state index contributed by atoms with van der Waals surface area (Å²) in [5.41, 5.74) is 0.996. The summed E-state index contributed by atoms with van der Waals surface area (Å²) < 4.78 is 17.0. The van der Waals surface area contributed by atoms with Crippen LogP contribution >= 0.6 is 0 Å². The molecule has 31 heavy (non-hydrogen) atoms. The van der Waals surface area contributed by atoms with Crippen LogP contribution in [0.15, 0.2) is 78.9 Å². The molecule has 0 aliphatic heterocycles. The van der Waals surface area contributed by atoms with Gasteiger partial charge in [0.2, 0.25) is 0 Å². The fourth-order valence-corrected chi connectivity index (χ4v) is 2.68. The van der Waals surface area contributed by atoms with E-state index in [2.05, 4.69) is 10.2 Å². The van der Waals surface area contributed by atoms with Gasteiger partial charge in [-0.1, -0.05) is 30.3 Å². The van der Waals surface area contributed by atoms with Crippen LogP contribution in [0.5, 0.6) is 23.0 Å². The molecule has 162 valence electrons. The highest BCUT2D eigenvalue weighted by molar-refractivity contribution is 5.77. The van der Waals surface area contributed by atoms with Gasteiger partial charge in [-0.05, 0) is 68.2 Å². The lowest BCUT2D eigenvalue weighted by Gasteiger charge is -2.11. The number of hydrogen-bond donors (Lipinski definition) is 1. The first kappa shape index (κ1) is 22.2. The van der Waals surface area contributed by atoms with E-state index < -0.39 is 0 Å². The standard InChI is InChI=1S/C25H28N2O4/c1-27(2)16-17-29-21-10-8-20(9-11-21)18-26-25(28)19-30-22-12-14-24(15-13-22)31-23-6-4-3-5-7-23/h3-15H,16-19H2,1-2H3,(H,26,28). The largest absolute Gasteiger partial charge is 0.492 e. The van der Waals surface area contributed by atoms with Crippen molar-refractivity contribution in [3.05, 3.63) is 84.4 Å². The molecule has 0 unspecified atom stereocenters. The lowest BCUT2D eigenvalue weighted by atomic mass is 10.2. The van der Waals surface area contributed by atoms with E-state index in [0.717, 1.165) is 23.6 Å². The number of rotatable bonds is 11. The second kappa shape index (κ2) is 11.6. The summed E-state index contributed by atoms with van der Waals surface area (Å²) in [5, 5.41) is 2.85. The Bertz CT molecular complexity index is 926. The van der Waals surface area contributed by atoms with Crippen LogP contribution in [0.25, 0.3) is 0 Å². The minimum Gasteiger partial charge on any atom is -0.492 e. The zero-order chi connectivity index (χ0) is 21.9. The molecule has 3 aromatic rings. The molecule has 0 aromatic heterocycles. The van der Waals surface area contributed by atoms with Crippen molar-refractivity contribution in [1.29, 1.82) is 0 Å². The third-order valence-electron chi connectivity index (χ3n) is 4.39. The fourth-order valence-electron chi connectivity index (χ4n) is 2.68. The highest BCUT2D eigenvalue weighted by Gasteiger charge is 2.04.